The van der Waals surface area contributed by atoms with Gasteiger partial charge in [-0.2, -0.15) is 0 Å². The highest BCUT2D eigenvalue weighted by atomic mass is 35.5. The molecule has 0 saturated heterocycles. The second-order valence-electron chi connectivity index (χ2n) is 7.43. The van der Waals surface area contributed by atoms with E-state index in [0.717, 1.165) is 6.07 Å². The van der Waals surface area contributed by atoms with Gasteiger partial charge in [-0.25, -0.2) is 4.39 Å². The van der Waals surface area contributed by atoms with E-state index < -0.39 is 28.9 Å². The predicted molar refractivity (Wildman–Crippen MR) is 102 cm³/mol. The third-order valence-electron chi connectivity index (χ3n) is 4.43. The zero-order valence-electron chi connectivity index (χ0n) is 15.2. The fourth-order valence-electron chi connectivity index (χ4n) is 3.09. The van der Waals surface area contributed by atoms with Crippen LogP contribution in [0.5, 0.6) is 0 Å². The van der Waals surface area contributed by atoms with Crippen LogP contribution in [0.3, 0.4) is 0 Å². The van der Waals surface area contributed by atoms with Crippen LogP contribution in [0.1, 0.15) is 32.4 Å². The molecule has 6 heteroatoms. The molecule has 0 saturated carbocycles. The second kappa shape index (κ2) is 6.82. The number of carbonyl (C=O) groups excluding carboxylic acids is 2. The lowest BCUT2D eigenvalue weighted by Crippen LogP contribution is -2.32. The molecule has 0 fully saturated rings. The molecule has 1 N–H and O–H groups in total. The lowest BCUT2D eigenvalue weighted by atomic mass is 9.82. The quantitative estimate of drug-likeness (QED) is 0.806. The minimum absolute atomic E-state index is 0.0270. The van der Waals surface area contributed by atoms with Gasteiger partial charge >= 0.3 is 0 Å². The first kappa shape index (κ1) is 19.1. The SMILES string of the molecule is CC(C)(C)C(=O)C1=C(O)C(=O)N(c2ccc(F)c(Cl)c2)C1c1ccccc1. The molecule has 1 aliphatic rings. The molecule has 1 amide bonds. The van der Waals surface area contributed by atoms with Crippen molar-refractivity contribution in [3.05, 3.63) is 76.3 Å². The highest BCUT2D eigenvalue weighted by Gasteiger charge is 2.46. The third kappa shape index (κ3) is 3.35. The summed E-state index contributed by atoms with van der Waals surface area (Å²) in [6.45, 7) is 5.17. The van der Waals surface area contributed by atoms with Crippen LogP contribution in [0.15, 0.2) is 59.9 Å². The van der Waals surface area contributed by atoms with Gasteiger partial charge in [0.2, 0.25) is 0 Å². The van der Waals surface area contributed by atoms with E-state index >= 15 is 0 Å². The zero-order valence-corrected chi connectivity index (χ0v) is 15.9. The summed E-state index contributed by atoms with van der Waals surface area (Å²) in [4.78, 5) is 27.2. The van der Waals surface area contributed by atoms with Crippen molar-refractivity contribution in [3.63, 3.8) is 0 Å². The van der Waals surface area contributed by atoms with Gasteiger partial charge in [-0.15, -0.1) is 0 Å². The first-order valence-electron chi connectivity index (χ1n) is 8.44. The van der Waals surface area contributed by atoms with Crippen molar-refractivity contribution in [1.29, 1.82) is 0 Å². The van der Waals surface area contributed by atoms with E-state index in [1.165, 1.54) is 17.0 Å². The number of rotatable bonds is 3. The molecule has 2 aromatic carbocycles. The average molecular weight is 388 g/mol. The number of ketones is 1. The number of nitrogens with zero attached hydrogens (tertiary/aromatic N) is 1. The van der Waals surface area contributed by atoms with Gasteiger partial charge in [-0.3, -0.25) is 14.5 Å². The Morgan fingerprint density at radius 2 is 1.78 bits per heavy atom. The predicted octanol–water partition coefficient (Wildman–Crippen LogP) is 4.99. The maximum Gasteiger partial charge on any atom is 0.294 e. The smallest absolute Gasteiger partial charge is 0.294 e. The van der Waals surface area contributed by atoms with E-state index in [-0.39, 0.29) is 16.4 Å². The van der Waals surface area contributed by atoms with Crippen LogP contribution in [0, 0.1) is 11.2 Å². The first-order valence-corrected chi connectivity index (χ1v) is 8.82. The summed E-state index contributed by atoms with van der Waals surface area (Å²) in [5, 5.41) is 10.4. The molecule has 0 radical (unpaired) electrons. The fourth-order valence-corrected chi connectivity index (χ4v) is 3.27. The molecule has 2 aromatic rings. The van der Waals surface area contributed by atoms with E-state index in [1.807, 2.05) is 6.07 Å². The van der Waals surface area contributed by atoms with E-state index in [2.05, 4.69) is 0 Å². The standard InChI is InChI=1S/C21H19ClFNO3/c1-21(2,3)19(26)16-17(12-7-5-4-6-8-12)24(20(27)18(16)25)13-9-10-15(23)14(22)11-13/h4-11,17,25H,1-3H3. The summed E-state index contributed by atoms with van der Waals surface area (Å²) in [6, 6.07) is 11.9. The Balaban J connectivity index is 2.21. The Morgan fingerprint density at radius 3 is 2.33 bits per heavy atom. The van der Waals surface area contributed by atoms with Crippen LogP contribution in [0.25, 0.3) is 0 Å². The van der Waals surface area contributed by atoms with Crippen molar-refractivity contribution in [2.75, 3.05) is 4.90 Å². The summed E-state index contributed by atoms with van der Waals surface area (Å²) in [5.74, 6) is -2.27. The molecule has 1 unspecified atom stereocenters. The number of Topliss-reactive ketones (excluding diaryl/α,β-unsaturated/α-hetero) is 1. The van der Waals surface area contributed by atoms with Gasteiger partial charge in [0.15, 0.2) is 11.5 Å². The van der Waals surface area contributed by atoms with Gasteiger partial charge in [0.1, 0.15) is 5.82 Å². The van der Waals surface area contributed by atoms with Crippen molar-refractivity contribution in [3.8, 4) is 0 Å². The zero-order chi connectivity index (χ0) is 19.9. The molecular formula is C21H19ClFNO3. The number of hydrogen-bond acceptors (Lipinski definition) is 3. The summed E-state index contributed by atoms with van der Waals surface area (Å²) in [7, 11) is 0. The Hall–Kier alpha value is -2.66. The molecule has 27 heavy (non-hydrogen) atoms. The normalized spacial score (nSPS) is 17.6. The monoisotopic (exact) mass is 387 g/mol. The summed E-state index contributed by atoms with van der Waals surface area (Å²) in [5.41, 5.74) is 0.179. The number of anilines is 1. The molecule has 0 bridgehead atoms. The van der Waals surface area contributed by atoms with E-state index in [0.29, 0.717) is 11.3 Å². The summed E-state index contributed by atoms with van der Waals surface area (Å²) < 4.78 is 13.6. The first-order chi connectivity index (χ1) is 12.6. The lowest BCUT2D eigenvalue weighted by molar-refractivity contribution is -0.123. The molecule has 0 aliphatic carbocycles. The average Bonchev–Trinajstić information content (AvgIpc) is 2.88. The van der Waals surface area contributed by atoms with Gasteiger partial charge in [-0.1, -0.05) is 62.7 Å². The fraction of sp³-hybridized carbons (Fsp3) is 0.238. The molecular weight excluding hydrogens is 369 g/mol. The molecule has 4 nitrogen and oxygen atoms in total. The van der Waals surface area contributed by atoms with Crippen LogP contribution >= 0.6 is 11.6 Å². The van der Waals surface area contributed by atoms with Crippen molar-refractivity contribution in [2.45, 2.75) is 26.8 Å². The number of aliphatic hydroxyl groups is 1. The van der Waals surface area contributed by atoms with Gasteiger partial charge in [0.05, 0.1) is 16.6 Å². The van der Waals surface area contributed by atoms with E-state index in [1.54, 1.807) is 45.0 Å². The number of benzene rings is 2. The van der Waals surface area contributed by atoms with Crippen LogP contribution in [-0.2, 0) is 9.59 Å². The maximum absolute atomic E-state index is 13.6. The number of halogens is 2. The Labute approximate surface area is 161 Å². The highest BCUT2D eigenvalue weighted by molar-refractivity contribution is 6.31. The molecule has 1 atom stereocenters. The Kier molecular flexibility index (Phi) is 4.82. The number of amides is 1. The number of aliphatic hydroxyl groups excluding tert-OH is 1. The Bertz CT molecular complexity index is 948. The second-order valence-corrected chi connectivity index (χ2v) is 7.84. The van der Waals surface area contributed by atoms with Crippen molar-refractivity contribution < 1.29 is 19.1 Å². The molecule has 0 spiro atoms. The third-order valence-corrected chi connectivity index (χ3v) is 4.72. The maximum atomic E-state index is 13.6. The van der Waals surface area contributed by atoms with Gasteiger partial charge in [0, 0.05) is 11.1 Å². The topological polar surface area (TPSA) is 57.6 Å². The van der Waals surface area contributed by atoms with Crippen molar-refractivity contribution in [1.82, 2.24) is 0 Å². The van der Waals surface area contributed by atoms with Crippen LogP contribution < -0.4 is 4.90 Å². The minimum atomic E-state index is -0.827. The highest BCUT2D eigenvalue weighted by Crippen LogP contribution is 2.43. The minimum Gasteiger partial charge on any atom is -0.503 e. The number of carbonyl (C=O) groups is 2. The summed E-state index contributed by atoms with van der Waals surface area (Å²) in [6.07, 6.45) is 0. The van der Waals surface area contributed by atoms with Crippen LogP contribution in [0.4, 0.5) is 10.1 Å². The lowest BCUT2D eigenvalue weighted by Gasteiger charge is -2.29. The van der Waals surface area contributed by atoms with Crippen molar-refractivity contribution in [2.24, 2.45) is 5.41 Å². The van der Waals surface area contributed by atoms with Crippen LogP contribution in [-0.4, -0.2) is 16.8 Å². The Morgan fingerprint density at radius 1 is 1.15 bits per heavy atom. The van der Waals surface area contributed by atoms with Crippen LogP contribution in [0.2, 0.25) is 5.02 Å². The van der Waals surface area contributed by atoms with E-state index in [4.69, 9.17) is 11.6 Å². The van der Waals surface area contributed by atoms with E-state index in [9.17, 15) is 19.1 Å². The molecule has 3 rings (SSSR count). The molecule has 1 heterocycles. The molecule has 0 aromatic heterocycles. The largest absolute Gasteiger partial charge is 0.503 e. The number of hydrogen-bond donors (Lipinski definition) is 1. The van der Waals surface area contributed by atoms with Gasteiger partial charge in [-0.05, 0) is 23.8 Å². The van der Waals surface area contributed by atoms with Crippen molar-refractivity contribution >= 4 is 29.0 Å². The van der Waals surface area contributed by atoms with Gasteiger partial charge < -0.3 is 5.11 Å². The summed E-state index contributed by atoms with van der Waals surface area (Å²) >= 11 is 5.89. The molecule has 1 aliphatic heterocycles. The molecule has 140 valence electrons. The van der Waals surface area contributed by atoms with Gasteiger partial charge in [0.25, 0.3) is 5.91 Å².